The third kappa shape index (κ3) is 5.21. The highest BCUT2D eigenvalue weighted by molar-refractivity contribution is 7.90. The number of aliphatic hydroxyl groups is 1. The topological polar surface area (TPSA) is 120 Å². The van der Waals surface area contributed by atoms with E-state index < -0.39 is 38.3 Å². The molecule has 3 aromatic rings. The van der Waals surface area contributed by atoms with Crippen LogP contribution >= 0.6 is 0 Å². The first-order valence-electron chi connectivity index (χ1n) is 9.81. The lowest BCUT2D eigenvalue weighted by atomic mass is 9.87. The molecule has 1 unspecified atom stereocenters. The monoisotopic (exact) mass is 502 g/mol. The Morgan fingerprint density at radius 1 is 1.09 bits per heavy atom. The lowest BCUT2D eigenvalue weighted by Crippen LogP contribution is -2.54. The van der Waals surface area contributed by atoms with Gasteiger partial charge >= 0.3 is 6.36 Å². The summed E-state index contributed by atoms with van der Waals surface area (Å²) in [4.78, 5) is 4.32. The zero-order valence-corrected chi connectivity index (χ0v) is 19.2. The minimum absolute atomic E-state index is 0.0293. The quantitative estimate of drug-likeness (QED) is 0.479. The van der Waals surface area contributed by atoms with E-state index in [1.54, 1.807) is 12.1 Å². The van der Waals surface area contributed by atoms with Crippen LogP contribution in [0.4, 0.5) is 17.6 Å². The number of hydrogen-bond donors (Lipinski definition) is 2. The Balaban J connectivity index is 1.89. The molecule has 0 aliphatic heterocycles. The van der Waals surface area contributed by atoms with Gasteiger partial charge in [0.05, 0.1) is 17.9 Å². The first-order valence-corrected chi connectivity index (χ1v) is 11.4. The van der Waals surface area contributed by atoms with E-state index in [9.17, 15) is 31.1 Å². The van der Waals surface area contributed by atoms with E-state index >= 15 is 0 Å². The maximum Gasteiger partial charge on any atom is 0.573 e. The predicted molar refractivity (Wildman–Crippen MR) is 114 cm³/mol. The molecule has 0 aliphatic carbocycles. The van der Waals surface area contributed by atoms with E-state index in [2.05, 4.69) is 14.8 Å². The van der Waals surface area contributed by atoms with Gasteiger partial charge in [-0.2, -0.15) is 5.10 Å². The van der Waals surface area contributed by atoms with Crippen molar-refractivity contribution in [2.45, 2.75) is 44.0 Å². The van der Waals surface area contributed by atoms with Crippen molar-refractivity contribution < 1.29 is 35.8 Å². The van der Waals surface area contributed by atoms with Gasteiger partial charge in [0.15, 0.2) is 0 Å². The molecule has 2 heterocycles. The van der Waals surface area contributed by atoms with Gasteiger partial charge in [-0.1, -0.05) is 6.07 Å². The highest BCUT2D eigenvalue weighted by Crippen LogP contribution is 2.37. The van der Waals surface area contributed by atoms with Gasteiger partial charge in [0, 0.05) is 11.8 Å². The number of pyridine rings is 1. The smallest absolute Gasteiger partial charge is 0.406 e. The van der Waals surface area contributed by atoms with Crippen molar-refractivity contribution in [1.82, 2.24) is 14.8 Å². The standard InChI is InChI=1S/C21H22F4N4O4S/c1-19(2,34(26,31)32)20(3,30)18-6-4-5-16(27-18)17-9-10-29(28-17)12-13-11-14(7-8-15(13)22)33-21(23,24)25/h4-11,30H,12H2,1-3H3,(H2,26,31,32). The molecule has 184 valence electrons. The molecular weight excluding hydrogens is 480 g/mol. The summed E-state index contributed by atoms with van der Waals surface area (Å²) >= 11 is 0. The predicted octanol–water partition coefficient (Wildman–Crippen LogP) is 3.31. The first-order chi connectivity index (χ1) is 15.5. The molecule has 0 saturated heterocycles. The Morgan fingerprint density at radius 3 is 2.38 bits per heavy atom. The van der Waals surface area contributed by atoms with Gasteiger partial charge in [0.1, 0.15) is 27.6 Å². The Hall–Kier alpha value is -3.03. The summed E-state index contributed by atoms with van der Waals surface area (Å²) in [5.41, 5.74) is -1.44. The number of aromatic nitrogens is 3. The van der Waals surface area contributed by atoms with Crippen molar-refractivity contribution in [3.8, 4) is 17.1 Å². The molecule has 0 radical (unpaired) electrons. The Labute approximate surface area is 193 Å². The second-order valence-corrected chi connectivity index (χ2v) is 10.3. The number of nitrogens with zero attached hydrogens (tertiary/aromatic N) is 3. The fourth-order valence-electron chi connectivity index (χ4n) is 3.06. The summed E-state index contributed by atoms with van der Waals surface area (Å²) in [5.74, 6) is -1.31. The van der Waals surface area contributed by atoms with Crippen LogP contribution in [-0.2, 0) is 22.2 Å². The van der Waals surface area contributed by atoms with Gasteiger partial charge in [-0.25, -0.2) is 22.9 Å². The molecule has 0 amide bonds. The van der Waals surface area contributed by atoms with Crippen LogP contribution < -0.4 is 9.88 Å². The average Bonchev–Trinajstić information content (AvgIpc) is 3.17. The zero-order chi connectivity index (χ0) is 25.5. The van der Waals surface area contributed by atoms with Crippen LogP contribution in [0, 0.1) is 5.82 Å². The highest BCUT2D eigenvalue weighted by atomic mass is 32.2. The van der Waals surface area contributed by atoms with Crippen molar-refractivity contribution in [3.05, 3.63) is 65.7 Å². The number of rotatable bonds is 7. The van der Waals surface area contributed by atoms with E-state index in [1.807, 2.05) is 0 Å². The van der Waals surface area contributed by atoms with Crippen molar-refractivity contribution in [2.75, 3.05) is 0 Å². The molecule has 3 rings (SSSR count). The molecule has 0 bridgehead atoms. The first kappa shape index (κ1) is 25.6. The van der Waals surface area contributed by atoms with E-state index in [1.165, 1.54) is 43.8 Å². The lowest BCUT2D eigenvalue weighted by Gasteiger charge is -2.37. The van der Waals surface area contributed by atoms with Crippen LogP contribution in [0.15, 0.2) is 48.7 Å². The molecule has 0 aliphatic rings. The Morgan fingerprint density at radius 2 is 1.76 bits per heavy atom. The lowest BCUT2D eigenvalue weighted by molar-refractivity contribution is -0.274. The summed E-state index contributed by atoms with van der Waals surface area (Å²) in [6.45, 7) is 3.63. The Kier molecular flexibility index (Phi) is 6.50. The van der Waals surface area contributed by atoms with Crippen LogP contribution in [-0.4, -0.2) is 39.4 Å². The maximum atomic E-state index is 14.1. The van der Waals surface area contributed by atoms with Crippen LogP contribution in [0.5, 0.6) is 5.75 Å². The summed E-state index contributed by atoms with van der Waals surface area (Å²) < 4.78 is 78.8. The minimum atomic E-state index is -4.91. The molecule has 0 spiro atoms. The SMILES string of the molecule is CC(O)(c1cccc(-c2ccn(Cc3cc(OC(F)(F)F)ccc3F)n2)n1)C(C)(C)S(N)(=O)=O. The molecule has 0 fully saturated rings. The van der Waals surface area contributed by atoms with Crippen molar-refractivity contribution in [2.24, 2.45) is 5.14 Å². The fraction of sp³-hybridized carbons (Fsp3) is 0.333. The van der Waals surface area contributed by atoms with Crippen LogP contribution in [0.3, 0.4) is 0 Å². The number of primary sulfonamides is 1. The molecule has 2 aromatic heterocycles. The molecule has 8 nitrogen and oxygen atoms in total. The van der Waals surface area contributed by atoms with Gasteiger partial charge in [0.2, 0.25) is 10.0 Å². The second kappa shape index (κ2) is 8.64. The molecule has 34 heavy (non-hydrogen) atoms. The number of halogens is 4. The number of sulfonamides is 1. The zero-order valence-electron chi connectivity index (χ0n) is 18.3. The minimum Gasteiger partial charge on any atom is -0.406 e. The molecule has 3 N–H and O–H groups in total. The largest absolute Gasteiger partial charge is 0.573 e. The van der Waals surface area contributed by atoms with Crippen LogP contribution in [0.2, 0.25) is 0 Å². The third-order valence-corrected chi connectivity index (χ3v) is 7.44. The Bertz CT molecular complexity index is 1300. The molecular formula is C21H22F4N4O4S. The number of ether oxygens (including phenoxy) is 1. The highest BCUT2D eigenvalue weighted by Gasteiger charge is 2.50. The third-order valence-electron chi connectivity index (χ3n) is 5.62. The van der Waals surface area contributed by atoms with E-state index in [0.29, 0.717) is 5.69 Å². The van der Waals surface area contributed by atoms with Gasteiger partial charge in [-0.15, -0.1) is 13.2 Å². The average molecular weight is 502 g/mol. The molecule has 1 aromatic carbocycles. The van der Waals surface area contributed by atoms with E-state index in [0.717, 1.165) is 18.2 Å². The fourth-order valence-corrected chi connectivity index (χ4v) is 3.72. The van der Waals surface area contributed by atoms with Gasteiger partial charge in [-0.05, 0) is 57.2 Å². The van der Waals surface area contributed by atoms with Gasteiger partial charge in [0.25, 0.3) is 0 Å². The number of alkyl halides is 3. The maximum absolute atomic E-state index is 14.1. The molecule has 13 heteroatoms. The van der Waals surface area contributed by atoms with Gasteiger partial charge in [-0.3, -0.25) is 4.68 Å². The number of benzene rings is 1. The van der Waals surface area contributed by atoms with Crippen LogP contribution in [0.1, 0.15) is 32.0 Å². The normalized spacial score (nSPS) is 14.6. The second-order valence-electron chi connectivity index (χ2n) is 8.24. The number of nitrogens with two attached hydrogens (primary N) is 1. The van der Waals surface area contributed by atoms with Crippen molar-refractivity contribution >= 4 is 10.0 Å². The van der Waals surface area contributed by atoms with E-state index in [4.69, 9.17) is 5.14 Å². The summed E-state index contributed by atoms with van der Waals surface area (Å²) in [6, 6.07) is 8.73. The number of hydrogen-bond acceptors (Lipinski definition) is 6. The van der Waals surface area contributed by atoms with Crippen molar-refractivity contribution in [3.63, 3.8) is 0 Å². The summed E-state index contributed by atoms with van der Waals surface area (Å²) in [5, 5.41) is 20.5. The summed E-state index contributed by atoms with van der Waals surface area (Å²) in [6.07, 6.45) is -3.45. The van der Waals surface area contributed by atoms with Gasteiger partial charge < -0.3 is 9.84 Å². The van der Waals surface area contributed by atoms with Crippen LogP contribution in [0.25, 0.3) is 11.4 Å². The summed E-state index contributed by atoms with van der Waals surface area (Å²) in [7, 11) is -4.16. The molecule has 1 atom stereocenters. The van der Waals surface area contributed by atoms with Crippen molar-refractivity contribution in [1.29, 1.82) is 0 Å². The molecule has 0 saturated carbocycles. The van der Waals surface area contributed by atoms with E-state index in [-0.39, 0.29) is 23.5 Å².